The van der Waals surface area contributed by atoms with E-state index in [1.807, 2.05) is 20.8 Å². The molecule has 8 atom stereocenters. The third kappa shape index (κ3) is 51.8. The minimum atomic E-state index is -0.574. The van der Waals surface area contributed by atoms with Crippen LogP contribution >= 0.6 is 0 Å². The number of nitrogens with one attached hydrogen (secondary N) is 6. The maximum Gasteiger partial charge on any atom is 0.224 e. The van der Waals surface area contributed by atoms with Gasteiger partial charge in [-0.2, -0.15) is 0 Å². The van der Waals surface area contributed by atoms with E-state index in [-0.39, 0.29) is 103 Å². The zero-order valence-corrected chi connectivity index (χ0v) is 83.0. The lowest BCUT2D eigenvalue weighted by Crippen LogP contribution is -2.47. The van der Waals surface area contributed by atoms with Crippen molar-refractivity contribution in [3.8, 4) is 0 Å². The lowest BCUT2D eigenvalue weighted by Gasteiger charge is -2.33. The molecule has 8 rings (SSSR count). The number of aryl methyl sites for hydroxylation is 1. The van der Waals surface area contributed by atoms with Gasteiger partial charge in [0, 0.05) is 74.8 Å². The second kappa shape index (κ2) is 51.5. The Morgan fingerprint density at radius 1 is 0.353 bits per heavy atom. The molecular weight excluding hydrogens is 1480 g/mol. The SMILES string of the molecule is CC(C)(C)CC(CCC1CCCC1)C(=O)NC(C)(C)C.CC(C)(C)NC(=O)C(CCC1CCCC1)C(C)(C)C.CC(C)(C)NC(=O)C(CCC1CCCC1)CC1CCC1.CC(C)C(CCC1CCCC1)C(=O)NC(C)(C)C.CC(C)CC(CCc1cc(F)cc(F)c1)C(=O)NC(C)(C)C.CC1CC1CC(CCC1CCCC1)C(=O)NC(C)(C)C. The molecule has 1 aromatic rings. The predicted octanol–water partition coefficient (Wildman–Crippen LogP) is 27.3. The predicted molar refractivity (Wildman–Crippen MR) is 501 cm³/mol. The van der Waals surface area contributed by atoms with Gasteiger partial charge >= 0.3 is 0 Å². The van der Waals surface area contributed by atoms with Gasteiger partial charge in [0.2, 0.25) is 35.4 Å². The van der Waals surface area contributed by atoms with Crippen LogP contribution < -0.4 is 31.9 Å². The van der Waals surface area contributed by atoms with Gasteiger partial charge in [0.25, 0.3) is 0 Å². The Labute approximate surface area is 732 Å². The average Bonchev–Trinajstić information content (AvgIpc) is 1.71. The van der Waals surface area contributed by atoms with E-state index in [0.717, 1.165) is 111 Å². The third-order valence-electron chi connectivity index (χ3n) is 25.9. The summed E-state index contributed by atoms with van der Waals surface area (Å²) in [6.07, 6.45) is 49.9. The van der Waals surface area contributed by atoms with Crippen molar-refractivity contribution in [1.82, 2.24) is 31.9 Å². The van der Waals surface area contributed by atoms with Crippen molar-refractivity contribution in [3.63, 3.8) is 0 Å². The smallest absolute Gasteiger partial charge is 0.224 e. The molecule has 0 aromatic heterocycles. The summed E-state index contributed by atoms with van der Waals surface area (Å²) >= 11 is 0. The Kier molecular flexibility index (Phi) is 47.2. The summed E-state index contributed by atoms with van der Waals surface area (Å²) in [4.78, 5) is 74.8. The van der Waals surface area contributed by atoms with Crippen molar-refractivity contribution in [2.75, 3.05) is 0 Å². The van der Waals surface area contributed by atoms with Crippen LogP contribution in [-0.4, -0.2) is 68.7 Å². The summed E-state index contributed by atoms with van der Waals surface area (Å²) in [6, 6.07) is 3.52. The van der Waals surface area contributed by atoms with E-state index in [0.29, 0.717) is 42.1 Å². The van der Waals surface area contributed by atoms with Crippen LogP contribution in [0.1, 0.15) is 457 Å². The van der Waals surface area contributed by atoms with Crippen LogP contribution in [0.3, 0.4) is 0 Å². The summed E-state index contributed by atoms with van der Waals surface area (Å²) in [5.41, 5.74) is 0.0161. The van der Waals surface area contributed by atoms with Crippen LogP contribution in [0.2, 0.25) is 0 Å². The lowest BCUT2D eigenvalue weighted by molar-refractivity contribution is -0.130. The fourth-order valence-corrected chi connectivity index (χ4v) is 19.2. The number of halogens is 2. The molecule has 7 aliphatic rings. The highest BCUT2D eigenvalue weighted by molar-refractivity contribution is 5.82. The van der Waals surface area contributed by atoms with Gasteiger partial charge in [0.15, 0.2) is 0 Å². The molecule has 6 amide bonds. The zero-order chi connectivity index (χ0) is 90.1. The summed E-state index contributed by atoms with van der Waals surface area (Å²) in [5.74, 6) is 8.82. The normalized spacial score (nSPS) is 20.2. The molecule has 0 spiro atoms. The Morgan fingerprint density at radius 3 is 0.950 bits per heavy atom. The Morgan fingerprint density at radius 2 is 0.647 bits per heavy atom. The van der Waals surface area contributed by atoms with Gasteiger partial charge in [-0.3, -0.25) is 28.8 Å². The van der Waals surface area contributed by atoms with E-state index >= 15 is 0 Å². The Bertz CT molecular complexity index is 2960. The molecule has 692 valence electrons. The van der Waals surface area contributed by atoms with E-state index in [2.05, 4.69) is 212 Å². The Balaban J connectivity index is 0.000000369. The van der Waals surface area contributed by atoms with E-state index in [9.17, 15) is 37.5 Å². The van der Waals surface area contributed by atoms with Gasteiger partial charge in [0.1, 0.15) is 11.6 Å². The lowest BCUT2D eigenvalue weighted by atomic mass is 9.76. The van der Waals surface area contributed by atoms with Gasteiger partial charge < -0.3 is 31.9 Å². The molecule has 0 aliphatic heterocycles. The van der Waals surface area contributed by atoms with Crippen molar-refractivity contribution >= 4 is 35.4 Å². The fourth-order valence-electron chi connectivity index (χ4n) is 19.2. The topological polar surface area (TPSA) is 175 Å². The number of benzene rings is 1. The van der Waals surface area contributed by atoms with Crippen molar-refractivity contribution in [2.24, 2.45) is 106 Å². The van der Waals surface area contributed by atoms with Crippen LogP contribution in [0.5, 0.6) is 0 Å². The molecule has 0 radical (unpaired) electrons. The van der Waals surface area contributed by atoms with E-state index in [1.165, 1.54) is 198 Å². The molecule has 1 aromatic carbocycles. The van der Waals surface area contributed by atoms with E-state index in [1.54, 1.807) is 0 Å². The average molecular weight is 1670 g/mol. The molecule has 7 aliphatic carbocycles. The van der Waals surface area contributed by atoms with Gasteiger partial charge in [0.05, 0.1) is 0 Å². The number of hydrogen-bond donors (Lipinski definition) is 6. The highest BCUT2D eigenvalue weighted by atomic mass is 19.1. The molecule has 0 bridgehead atoms. The maximum atomic E-state index is 13.2. The highest BCUT2D eigenvalue weighted by Crippen LogP contribution is 2.45. The monoisotopic (exact) mass is 1670 g/mol. The van der Waals surface area contributed by atoms with Crippen molar-refractivity contribution in [1.29, 1.82) is 0 Å². The van der Waals surface area contributed by atoms with E-state index < -0.39 is 11.6 Å². The first-order chi connectivity index (χ1) is 54.8. The van der Waals surface area contributed by atoms with Crippen LogP contribution in [0.25, 0.3) is 0 Å². The Hall–Kier alpha value is -4.10. The van der Waals surface area contributed by atoms with Crippen molar-refractivity contribution in [2.45, 2.75) is 491 Å². The first-order valence-corrected chi connectivity index (χ1v) is 49.2. The first-order valence-electron chi connectivity index (χ1n) is 49.2. The van der Waals surface area contributed by atoms with E-state index in [4.69, 9.17) is 0 Å². The number of hydrogen-bond acceptors (Lipinski definition) is 6. The number of carbonyl (C=O) groups is 6. The number of amides is 6. The highest BCUT2D eigenvalue weighted by Gasteiger charge is 2.39. The third-order valence-corrected chi connectivity index (χ3v) is 25.9. The van der Waals surface area contributed by atoms with Crippen molar-refractivity contribution < 1.29 is 37.5 Å². The summed E-state index contributed by atoms with van der Waals surface area (Å²) in [7, 11) is 0. The molecular formula is C105H192F2N6O6. The minimum Gasteiger partial charge on any atom is -0.351 e. The quantitative estimate of drug-likeness (QED) is 0.0419. The minimum absolute atomic E-state index is 0.0121. The fraction of sp³-hybridized carbons (Fsp3) is 0.886. The van der Waals surface area contributed by atoms with Crippen LogP contribution in [-0.2, 0) is 35.2 Å². The summed E-state index contributed by atoms with van der Waals surface area (Å²) in [6.45, 7) is 60.9. The molecule has 8 unspecified atom stereocenters. The van der Waals surface area contributed by atoms with Gasteiger partial charge in [-0.05, 0) is 321 Å². The second-order valence-electron chi connectivity index (χ2n) is 48.6. The molecule has 119 heavy (non-hydrogen) atoms. The number of carbonyl (C=O) groups excluding carboxylic acids is 6. The summed E-state index contributed by atoms with van der Waals surface area (Å²) in [5, 5.41) is 18.9. The molecule has 7 saturated carbocycles. The molecule has 14 heteroatoms. The van der Waals surface area contributed by atoms with Crippen molar-refractivity contribution in [3.05, 3.63) is 35.4 Å². The molecule has 6 N–H and O–H groups in total. The van der Waals surface area contributed by atoms with Gasteiger partial charge in [-0.1, -0.05) is 224 Å². The van der Waals surface area contributed by atoms with Crippen LogP contribution in [0, 0.1) is 117 Å². The molecule has 0 saturated heterocycles. The standard InChI is InChI=1S/C18H27F2NO.2C18H33NO.C18H35NO.C17H33NO.C16H31NO/c1-12(2)8-14(17(22)21-18(3,4)5)7-6-13-9-15(19)11-16(20)10-13;1-13-11-16(13)12-15(17(20)19-18(2,3)4)10-9-14-7-5-6-8-14;1-18(2,3)19-17(20)16(13-15-9-6-10-15)12-11-14-7-4-5-8-14;1-17(2,3)13-15(16(20)19-18(4,5)6)12-11-14-9-7-8-10-14;1-16(2,3)14(15(19)18-17(4,5)6)12-11-13-9-7-8-10-13;1-12(2)14(15(18)17-16(3,4)5)11-10-13-8-6-7-9-13/h9-12,14H,6-8H2,1-5H3,(H,21,22);13-16H,5-12H2,1-4H3,(H,19,20);14-16H,4-13H2,1-3H3,(H,19,20);14-15H,7-13H2,1-6H3,(H,19,20);13-14H,7-12H2,1-6H3,(H,18,19);12-14H,6-11H2,1-5H3,(H,17,18). The van der Waals surface area contributed by atoms with Gasteiger partial charge in [-0.25, -0.2) is 8.78 Å². The second-order valence-corrected chi connectivity index (χ2v) is 48.6. The van der Waals surface area contributed by atoms with Crippen LogP contribution in [0.15, 0.2) is 18.2 Å². The van der Waals surface area contributed by atoms with Crippen LogP contribution in [0.4, 0.5) is 8.78 Å². The summed E-state index contributed by atoms with van der Waals surface area (Å²) < 4.78 is 26.4. The first kappa shape index (κ1) is 109. The molecule has 12 nitrogen and oxygen atoms in total. The molecule has 0 heterocycles. The maximum absolute atomic E-state index is 13.2. The van der Waals surface area contributed by atoms with Gasteiger partial charge in [-0.15, -0.1) is 0 Å². The number of rotatable bonds is 32. The molecule has 7 fully saturated rings. The zero-order valence-electron chi connectivity index (χ0n) is 83.0. The largest absolute Gasteiger partial charge is 0.351 e.